The molecule has 19 heavy (non-hydrogen) atoms. The predicted molar refractivity (Wildman–Crippen MR) is 76.5 cm³/mol. The summed E-state index contributed by atoms with van der Waals surface area (Å²) in [5.41, 5.74) is 7.35. The van der Waals surface area contributed by atoms with Crippen LogP contribution >= 0.6 is 0 Å². The van der Waals surface area contributed by atoms with Crippen LogP contribution in [0.2, 0.25) is 0 Å². The third-order valence-corrected chi connectivity index (χ3v) is 3.14. The summed E-state index contributed by atoms with van der Waals surface area (Å²) in [6.45, 7) is 1.23. The molecule has 0 spiro atoms. The molecule has 0 aliphatic heterocycles. The molecule has 1 amide bonds. The Balaban J connectivity index is 1.98. The molecule has 1 aliphatic carbocycles. The van der Waals surface area contributed by atoms with Gasteiger partial charge in [0.15, 0.2) is 0 Å². The average Bonchev–Trinajstić information content (AvgIpc) is 3.21. The molecule has 2 rings (SSSR count). The third-order valence-electron chi connectivity index (χ3n) is 3.14. The molecule has 4 nitrogen and oxygen atoms in total. The van der Waals surface area contributed by atoms with Crippen LogP contribution in [0.15, 0.2) is 30.3 Å². The molecule has 1 aromatic carbocycles. The van der Waals surface area contributed by atoms with Gasteiger partial charge in [0.25, 0.3) is 0 Å². The fourth-order valence-electron chi connectivity index (χ4n) is 1.97. The van der Waals surface area contributed by atoms with E-state index in [1.807, 2.05) is 29.2 Å². The minimum Gasteiger partial charge on any atom is -0.399 e. The molecular formula is C15H20N2O2. The van der Waals surface area contributed by atoms with Gasteiger partial charge in [-0.25, -0.2) is 0 Å². The monoisotopic (exact) mass is 260 g/mol. The first-order valence-corrected chi connectivity index (χ1v) is 6.54. The maximum atomic E-state index is 12.1. The topological polar surface area (TPSA) is 55.6 Å². The van der Waals surface area contributed by atoms with Crippen LogP contribution in [-0.2, 0) is 9.53 Å². The summed E-state index contributed by atoms with van der Waals surface area (Å²) in [6.07, 6.45) is 5.62. The normalized spacial score (nSPS) is 14.8. The van der Waals surface area contributed by atoms with Gasteiger partial charge in [-0.05, 0) is 36.6 Å². The highest BCUT2D eigenvalue weighted by atomic mass is 16.5. The van der Waals surface area contributed by atoms with Crippen molar-refractivity contribution in [2.45, 2.75) is 18.9 Å². The van der Waals surface area contributed by atoms with Gasteiger partial charge >= 0.3 is 0 Å². The molecule has 2 N–H and O–H groups in total. The molecular weight excluding hydrogens is 240 g/mol. The van der Waals surface area contributed by atoms with E-state index in [-0.39, 0.29) is 5.91 Å². The molecule has 0 atom stereocenters. The Morgan fingerprint density at radius 1 is 1.53 bits per heavy atom. The van der Waals surface area contributed by atoms with E-state index in [0.717, 1.165) is 18.4 Å². The Hall–Kier alpha value is -1.81. The molecule has 0 saturated heterocycles. The molecule has 1 fully saturated rings. The molecule has 102 valence electrons. The van der Waals surface area contributed by atoms with Gasteiger partial charge in [0.1, 0.15) is 0 Å². The van der Waals surface area contributed by atoms with E-state index in [0.29, 0.717) is 24.9 Å². The fourth-order valence-corrected chi connectivity index (χ4v) is 1.97. The number of anilines is 1. The van der Waals surface area contributed by atoms with Gasteiger partial charge in [-0.1, -0.05) is 12.1 Å². The minimum atomic E-state index is 0.0435. The fraction of sp³-hybridized carbons (Fsp3) is 0.400. The zero-order valence-electron chi connectivity index (χ0n) is 11.2. The van der Waals surface area contributed by atoms with E-state index in [2.05, 4.69) is 0 Å². The SMILES string of the molecule is COCCN(C(=O)/C=C/c1cccc(N)c1)C1CC1. The first-order valence-electron chi connectivity index (χ1n) is 6.54. The van der Waals surface area contributed by atoms with Crippen molar-refractivity contribution >= 4 is 17.7 Å². The van der Waals surface area contributed by atoms with Crippen molar-refractivity contribution in [2.75, 3.05) is 26.0 Å². The molecule has 0 aromatic heterocycles. The second-order valence-electron chi connectivity index (χ2n) is 4.76. The van der Waals surface area contributed by atoms with Crippen LogP contribution in [0, 0.1) is 0 Å². The predicted octanol–water partition coefficient (Wildman–Crippen LogP) is 1.92. The second kappa shape index (κ2) is 6.38. The van der Waals surface area contributed by atoms with Gasteiger partial charge in [0.2, 0.25) is 5.91 Å². The number of hydrogen-bond acceptors (Lipinski definition) is 3. The van der Waals surface area contributed by atoms with Crippen LogP contribution in [0.4, 0.5) is 5.69 Å². The molecule has 1 aliphatic rings. The van der Waals surface area contributed by atoms with Crippen molar-refractivity contribution in [3.05, 3.63) is 35.9 Å². The van der Waals surface area contributed by atoms with E-state index in [9.17, 15) is 4.79 Å². The summed E-state index contributed by atoms with van der Waals surface area (Å²) >= 11 is 0. The van der Waals surface area contributed by atoms with Crippen LogP contribution < -0.4 is 5.73 Å². The van der Waals surface area contributed by atoms with Crippen molar-refractivity contribution in [1.29, 1.82) is 0 Å². The molecule has 0 unspecified atom stereocenters. The lowest BCUT2D eigenvalue weighted by molar-refractivity contribution is -0.127. The lowest BCUT2D eigenvalue weighted by atomic mass is 10.2. The molecule has 1 saturated carbocycles. The summed E-state index contributed by atoms with van der Waals surface area (Å²) in [4.78, 5) is 14.0. The number of nitrogens with zero attached hydrogens (tertiary/aromatic N) is 1. The summed E-state index contributed by atoms with van der Waals surface area (Å²) in [5.74, 6) is 0.0435. The van der Waals surface area contributed by atoms with Crippen molar-refractivity contribution in [3.63, 3.8) is 0 Å². The Morgan fingerprint density at radius 3 is 2.95 bits per heavy atom. The number of carbonyl (C=O) groups is 1. The largest absolute Gasteiger partial charge is 0.399 e. The quantitative estimate of drug-likeness (QED) is 0.628. The van der Waals surface area contributed by atoms with E-state index < -0.39 is 0 Å². The van der Waals surface area contributed by atoms with E-state index in [1.54, 1.807) is 19.3 Å². The van der Waals surface area contributed by atoms with Gasteiger partial charge in [-0.2, -0.15) is 0 Å². The maximum absolute atomic E-state index is 12.1. The van der Waals surface area contributed by atoms with Crippen LogP contribution in [0.25, 0.3) is 6.08 Å². The highest BCUT2D eigenvalue weighted by Gasteiger charge is 2.31. The zero-order chi connectivity index (χ0) is 13.7. The Labute approximate surface area is 113 Å². The Morgan fingerprint density at radius 2 is 2.32 bits per heavy atom. The Kier molecular flexibility index (Phi) is 4.58. The third kappa shape index (κ3) is 4.10. The van der Waals surface area contributed by atoms with Gasteiger partial charge in [0, 0.05) is 31.5 Å². The zero-order valence-corrected chi connectivity index (χ0v) is 11.2. The summed E-state index contributed by atoms with van der Waals surface area (Å²) < 4.78 is 5.04. The van der Waals surface area contributed by atoms with E-state index >= 15 is 0 Å². The van der Waals surface area contributed by atoms with Crippen LogP contribution in [0.5, 0.6) is 0 Å². The number of benzene rings is 1. The summed E-state index contributed by atoms with van der Waals surface area (Å²) in [7, 11) is 1.65. The minimum absolute atomic E-state index is 0.0435. The van der Waals surface area contributed by atoms with E-state index in [4.69, 9.17) is 10.5 Å². The molecule has 1 aromatic rings. The number of amides is 1. The number of rotatable bonds is 6. The first-order chi connectivity index (χ1) is 9.20. The molecule has 0 bridgehead atoms. The highest BCUT2D eigenvalue weighted by Crippen LogP contribution is 2.26. The standard InChI is InChI=1S/C15H20N2O2/c1-19-10-9-17(14-6-7-14)15(18)8-5-12-3-2-4-13(16)11-12/h2-5,8,11,14H,6-7,9-10,16H2,1H3/b8-5+. The van der Waals surface area contributed by atoms with Gasteiger partial charge in [0.05, 0.1) is 6.61 Å². The average molecular weight is 260 g/mol. The van der Waals surface area contributed by atoms with Gasteiger partial charge in [-0.15, -0.1) is 0 Å². The number of carbonyl (C=O) groups excluding carboxylic acids is 1. The number of methoxy groups -OCH3 is 1. The molecule has 4 heteroatoms. The van der Waals surface area contributed by atoms with Crippen LogP contribution in [0.1, 0.15) is 18.4 Å². The smallest absolute Gasteiger partial charge is 0.246 e. The molecule has 0 radical (unpaired) electrons. The lowest BCUT2D eigenvalue weighted by Crippen LogP contribution is -2.34. The molecule has 0 heterocycles. The van der Waals surface area contributed by atoms with Crippen molar-refractivity contribution in [1.82, 2.24) is 4.90 Å². The van der Waals surface area contributed by atoms with Crippen LogP contribution in [-0.4, -0.2) is 37.1 Å². The number of ether oxygens (including phenoxy) is 1. The van der Waals surface area contributed by atoms with Crippen molar-refractivity contribution in [3.8, 4) is 0 Å². The van der Waals surface area contributed by atoms with E-state index in [1.165, 1.54) is 0 Å². The van der Waals surface area contributed by atoms with Gasteiger partial charge in [-0.3, -0.25) is 4.79 Å². The highest BCUT2D eigenvalue weighted by molar-refractivity contribution is 5.92. The first kappa shape index (κ1) is 13.6. The number of hydrogen-bond donors (Lipinski definition) is 1. The second-order valence-corrected chi connectivity index (χ2v) is 4.76. The van der Waals surface area contributed by atoms with Crippen molar-refractivity contribution < 1.29 is 9.53 Å². The number of nitrogen functional groups attached to an aromatic ring is 1. The van der Waals surface area contributed by atoms with Crippen molar-refractivity contribution in [2.24, 2.45) is 0 Å². The van der Waals surface area contributed by atoms with Crippen LogP contribution in [0.3, 0.4) is 0 Å². The lowest BCUT2D eigenvalue weighted by Gasteiger charge is -2.20. The Bertz CT molecular complexity index is 467. The van der Waals surface area contributed by atoms with Gasteiger partial charge < -0.3 is 15.4 Å². The summed E-state index contributed by atoms with van der Waals surface area (Å²) in [6, 6.07) is 7.88. The maximum Gasteiger partial charge on any atom is 0.246 e. The number of nitrogens with two attached hydrogens (primary N) is 1. The summed E-state index contributed by atoms with van der Waals surface area (Å²) in [5, 5.41) is 0.